The van der Waals surface area contributed by atoms with Crippen molar-refractivity contribution in [3.63, 3.8) is 0 Å². The van der Waals surface area contributed by atoms with Crippen molar-refractivity contribution in [2.45, 2.75) is 13.8 Å². The zero-order valence-electron chi connectivity index (χ0n) is 11.3. The highest BCUT2D eigenvalue weighted by Gasteiger charge is 2.11. The van der Waals surface area contributed by atoms with Gasteiger partial charge in [0.2, 0.25) is 0 Å². The van der Waals surface area contributed by atoms with Crippen molar-refractivity contribution >= 4 is 28.9 Å². The Morgan fingerprint density at radius 2 is 2.00 bits per heavy atom. The first-order chi connectivity index (χ1) is 9.56. The van der Waals surface area contributed by atoms with Crippen LogP contribution in [0.1, 0.15) is 20.8 Å². The van der Waals surface area contributed by atoms with E-state index in [0.29, 0.717) is 10.6 Å². The number of carbonyl (C=O) groups excluding carboxylic acids is 2. The quantitative estimate of drug-likeness (QED) is 0.880. The fraction of sp³-hybridized carbons (Fsp3) is 0.200. The standard InChI is InChI=1S/C15H15NO3S/c1-10-5-6-12(8-11(10)2)16-14(17)9-19-15(18)13-4-3-7-20-13/h3-8H,9H2,1-2H3,(H,16,17). The van der Waals surface area contributed by atoms with Crippen LogP contribution in [0, 0.1) is 13.8 Å². The third-order valence-corrected chi connectivity index (χ3v) is 3.70. The lowest BCUT2D eigenvalue weighted by atomic mass is 10.1. The van der Waals surface area contributed by atoms with Gasteiger partial charge in [0.05, 0.1) is 0 Å². The van der Waals surface area contributed by atoms with Gasteiger partial charge >= 0.3 is 5.97 Å². The molecule has 1 aromatic carbocycles. The Labute approximate surface area is 121 Å². The third-order valence-electron chi connectivity index (χ3n) is 2.85. The monoisotopic (exact) mass is 289 g/mol. The van der Waals surface area contributed by atoms with Crippen molar-refractivity contribution in [3.8, 4) is 0 Å². The Balaban J connectivity index is 1.86. The lowest BCUT2D eigenvalue weighted by Gasteiger charge is -2.08. The van der Waals surface area contributed by atoms with Gasteiger partial charge in [-0.15, -0.1) is 11.3 Å². The van der Waals surface area contributed by atoms with E-state index < -0.39 is 5.97 Å². The number of ether oxygens (including phenoxy) is 1. The summed E-state index contributed by atoms with van der Waals surface area (Å²) < 4.78 is 4.93. The van der Waals surface area contributed by atoms with E-state index in [1.165, 1.54) is 11.3 Å². The molecule has 0 unspecified atom stereocenters. The molecule has 0 aliphatic heterocycles. The molecule has 0 bridgehead atoms. The largest absolute Gasteiger partial charge is 0.451 e. The number of carbonyl (C=O) groups is 2. The first kappa shape index (κ1) is 14.3. The Hall–Kier alpha value is -2.14. The van der Waals surface area contributed by atoms with E-state index in [9.17, 15) is 9.59 Å². The van der Waals surface area contributed by atoms with Gasteiger partial charge in [-0.3, -0.25) is 4.79 Å². The highest BCUT2D eigenvalue weighted by atomic mass is 32.1. The maximum absolute atomic E-state index is 11.7. The van der Waals surface area contributed by atoms with E-state index in [0.717, 1.165) is 11.1 Å². The Morgan fingerprint density at radius 3 is 2.65 bits per heavy atom. The van der Waals surface area contributed by atoms with E-state index >= 15 is 0 Å². The molecular weight excluding hydrogens is 274 g/mol. The molecule has 2 rings (SSSR count). The van der Waals surface area contributed by atoms with Gasteiger partial charge in [-0.25, -0.2) is 4.79 Å². The van der Waals surface area contributed by atoms with Crippen LogP contribution in [-0.2, 0) is 9.53 Å². The van der Waals surface area contributed by atoms with Crippen molar-refractivity contribution in [2.24, 2.45) is 0 Å². The predicted molar refractivity (Wildman–Crippen MR) is 79.1 cm³/mol. The normalized spacial score (nSPS) is 10.1. The fourth-order valence-electron chi connectivity index (χ4n) is 1.61. The first-order valence-electron chi connectivity index (χ1n) is 6.14. The minimum Gasteiger partial charge on any atom is -0.451 e. The molecule has 0 aliphatic carbocycles. The van der Waals surface area contributed by atoms with E-state index in [1.54, 1.807) is 17.5 Å². The summed E-state index contributed by atoms with van der Waals surface area (Å²) in [5.74, 6) is -0.826. The summed E-state index contributed by atoms with van der Waals surface area (Å²) in [6.45, 7) is 3.69. The summed E-state index contributed by atoms with van der Waals surface area (Å²) in [4.78, 5) is 23.8. The molecule has 20 heavy (non-hydrogen) atoms. The lowest BCUT2D eigenvalue weighted by Crippen LogP contribution is -2.20. The van der Waals surface area contributed by atoms with Crippen LogP contribution in [-0.4, -0.2) is 18.5 Å². The number of nitrogens with one attached hydrogen (secondary N) is 1. The highest BCUT2D eigenvalue weighted by Crippen LogP contribution is 2.14. The molecule has 0 radical (unpaired) electrons. The summed E-state index contributed by atoms with van der Waals surface area (Å²) in [6.07, 6.45) is 0. The van der Waals surface area contributed by atoms with Crippen LogP contribution >= 0.6 is 11.3 Å². The summed E-state index contributed by atoms with van der Waals surface area (Å²) >= 11 is 1.28. The second kappa shape index (κ2) is 6.34. The van der Waals surface area contributed by atoms with Gasteiger partial charge in [-0.2, -0.15) is 0 Å². The van der Waals surface area contributed by atoms with Gasteiger partial charge in [0.1, 0.15) is 4.88 Å². The molecule has 0 fully saturated rings. The van der Waals surface area contributed by atoms with Gasteiger partial charge in [0.15, 0.2) is 6.61 Å². The number of anilines is 1. The molecule has 0 spiro atoms. The van der Waals surface area contributed by atoms with Gasteiger partial charge < -0.3 is 10.1 Å². The smallest absolute Gasteiger partial charge is 0.348 e. The minimum absolute atomic E-state index is 0.288. The average Bonchev–Trinajstić information content (AvgIpc) is 2.94. The predicted octanol–water partition coefficient (Wildman–Crippen LogP) is 3.16. The number of benzene rings is 1. The van der Waals surface area contributed by atoms with Gasteiger partial charge in [0.25, 0.3) is 5.91 Å². The van der Waals surface area contributed by atoms with Crippen molar-refractivity contribution in [3.05, 3.63) is 51.7 Å². The number of amides is 1. The molecule has 4 nitrogen and oxygen atoms in total. The Bertz CT molecular complexity index is 620. The molecule has 1 N–H and O–H groups in total. The van der Waals surface area contributed by atoms with Crippen LogP contribution in [0.2, 0.25) is 0 Å². The van der Waals surface area contributed by atoms with E-state index in [1.807, 2.05) is 32.0 Å². The molecule has 0 atom stereocenters. The van der Waals surface area contributed by atoms with Crippen LogP contribution in [0.25, 0.3) is 0 Å². The van der Waals surface area contributed by atoms with Crippen LogP contribution in [0.15, 0.2) is 35.7 Å². The molecule has 2 aromatic rings. The molecule has 104 valence electrons. The first-order valence-corrected chi connectivity index (χ1v) is 7.02. The minimum atomic E-state index is -0.477. The molecule has 0 saturated carbocycles. The molecule has 1 aromatic heterocycles. The maximum Gasteiger partial charge on any atom is 0.348 e. The number of esters is 1. The summed E-state index contributed by atoms with van der Waals surface area (Å²) in [6, 6.07) is 9.06. The maximum atomic E-state index is 11.7. The van der Waals surface area contributed by atoms with E-state index in [-0.39, 0.29) is 12.5 Å². The third kappa shape index (κ3) is 3.68. The van der Waals surface area contributed by atoms with Crippen molar-refractivity contribution < 1.29 is 14.3 Å². The topological polar surface area (TPSA) is 55.4 Å². The lowest BCUT2D eigenvalue weighted by molar-refractivity contribution is -0.119. The van der Waals surface area contributed by atoms with Gasteiger partial charge in [0, 0.05) is 5.69 Å². The SMILES string of the molecule is Cc1ccc(NC(=O)COC(=O)c2cccs2)cc1C. The van der Waals surface area contributed by atoms with Gasteiger partial charge in [-0.1, -0.05) is 12.1 Å². The second-order valence-electron chi connectivity index (χ2n) is 4.40. The molecule has 5 heteroatoms. The summed E-state index contributed by atoms with van der Waals surface area (Å²) in [5, 5.41) is 4.48. The van der Waals surface area contributed by atoms with Crippen molar-refractivity contribution in [1.82, 2.24) is 0 Å². The molecule has 1 heterocycles. The van der Waals surface area contributed by atoms with E-state index in [2.05, 4.69) is 5.32 Å². The van der Waals surface area contributed by atoms with Crippen LogP contribution in [0.5, 0.6) is 0 Å². The molecule has 1 amide bonds. The number of hydrogen-bond acceptors (Lipinski definition) is 4. The number of rotatable bonds is 4. The number of aryl methyl sites for hydroxylation is 2. The van der Waals surface area contributed by atoms with Crippen LogP contribution < -0.4 is 5.32 Å². The summed E-state index contributed by atoms with van der Waals surface area (Å²) in [5.41, 5.74) is 2.95. The van der Waals surface area contributed by atoms with Crippen LogP contribution in [0.3, 0.4) is 0 Å². The van der Waals surface area contributed by atoms with Crippen LogP contribution in [0.4, 0.5) is 5.69 Å². The highest BCUT2D eigenvalue weighted by molar-refractivity contribution is 7.11. The molecule has 0 saturated heterocycles. The molecular formula is C15H15NO3S. The summed E-state index contributed by atoms with van der Waals surface area (Å²) in [7, 11) is 0. The zero-order valence-corrected chi connectivity index (χ0v) is 12.1. The number of thiophene rings is 1. The molecule has 0 aliphatic rings. The fourth-order valence-corrected chi connectivity index (χ4v) is 2.23. The van der Waals surface area contributed by atoms with Gasteiger partial charge in [-0.05, 0) is 48.6 Å². The van der Waals surface area contributed by atoms with Crippen molar-refractivity contribution in [1.29, 1.82) is 0 Å². The van der Waals surface area contributed by atoms with Crippen molar-refractivity contribution in [2.75, 3.05) is 11.9 Å². The Morgan fingerprint density at radius 1 is 1.20 bits per heavy atom. The number of hydrogen-bond donors (Lipinski definition) is 1. The zero-order chi connectivity index (χ0) is 14.5. The van der Waals surface area contributed by atoms with E-state index in [4.69, 9.17) is 4.74 Å². The second-order valence-corrected chi connectivity index (χ2v) is 5.35. The average molecular weight is 289 g/mol. The Kier molecular flexibility index (Phi) is 4.53.